The summed E-state index contributed by atoms with van der Waals surface area (Å²) in [5.41, 5.74) is 0.520. The number of nitrogens with zero attached hydrogens (tertiary/aromatic N) is 1. The zero-order valence-corrected chi connectivity index (χ0v) is 13.7. The molecule has 1 amide bonds. The van der Waals surface area contributed by atoms with Crippen molar-refractivity contribution >= 4 is 40.3 Å². The number of hydrogen-bond donors (Lipinski definition) is 1. The summed E-state index contributed by atoms with van der Waals surface area (Å²) in [5.74, 6) is 0. The molecule has 0 aliphatic rings. The third-order valence-corrected chi connectivity index (χ3v) is 3.19. The summed E-state index contributed by atoms with van der Waals surface area (Å²) >= 11 is 7.92. The van der Waals surface area contributed by atoms with Crippen LogP contribution in [0.5, 0.6) is 0 Å². The van der Waals surface area contributed by atoms with Crippen molar-refractivity contribution < 1.29 is 9.53 Å². The third kappa shape index (κ3) is 4.97. The van der Waals surface area contributed by atoms with E-state index in [4.69, 9.17) is 16.3 Å². The molecule has 0 spiro atoms. The number of carbonyl (C=O) groups is 1. The molecule has 1 heterocycles. The number of alkyl carbamates (subject to hydrolysis) is 1. The summed E-state index contributed by atoms with van der Waals surface area (Å²) < 4.78 is 6.22. The molecule has 18 heavy (non-hydrogen) atoms. The van der Waals surface area contributed by atoms with Gasteiger partial charge in [0.05, 0.1) is 0 Å². The third-order valence-electron chi connectivity index (χ3n) is 2.05. The van der Waals surface area contributed by atoms with Crippen molar-refractivity contribution in [1.29, 1.82) is 0 Å². The van der Waals surface area contributed by atoms with Crippen LogP contribution in [-0.2, 0) is 4.74 Å². The van der Waals surface area contributed by atoms with E-state index in [0.717, 1.165) is 9.13 Å². The number of ether oxygens (including phenoxy) is 1. The first-order chi connectivity index (χ1) is 8.19. The second kappa shape index (κ2) is 6.06. The van der Waals surface area contributed by atoms with Gasteiger partial charge < -0.3 is 10.1 Å². The Bertz CT molecular complexity index is 446. The number of hydrogen-bond acceptors (Lipinski definition) is 3. The van der Waals surface area contributed by atoms with Crippen LogP contribution in [0.25, 0.3) is 0 Å². The predicted molar refractivity (Wildman–Crippen MR) is 79.7 cm³/mol. The van der Waals surface area contributed by atoms with Crippen LogP contribution in [0.4, 0.5) is 4.79 Å². The lowest BCUT2D eigenvalue weighted by Crippen LogP contribution is -2.41. The van der Waals surface area contributed by atoms with E-state index in [2.05, 4.69) is 32.9 Å². The van der Waals surface area contributed by atoms with Gasteiger partial charge in [-0.3, -0.25) is 0 Å². The molecule has 0 bridgehead atoms. The Labute approximate surface area is 126 Å². The van der Waals surface area contributed by atoms with Gasteiger partial charge in [0.25, 0.3) is 0 Å². The topological polar surface area (TPSA) is 51.2 Å². The van der Waals surface area contributed by atoms with Crippen molar-refractivity contribution in [2.24, 2.45) is 0 Å². The maximum atomic E-state index is 11.6. The van der Waals surface area contributed by atoms with Crippen LogP contribution in [0.15, 0.2) is 12.3 Å². The highest BCUT2D eigenvalue weighted by Crippen LogP contribution is 2.24. The van der Waals surface area contributed by atoms with E-state index in [0.29, 0.717) is 5.15 Å². The first kappa shape index (κ1) is 15.5. The summed E-state index contributed by atoms with van der Waals surface area (Å²) in [6, 6.07) is 1.74. The van der Waals surface area contributed by atoms with Gasteiger partial charge in [0.15, 0.2) is 0 Å². The first-order valence-electron chi connectivity index (χ1n) is 5.49. The van der Waals surface area contributed by atoms with Gasteiger partial charge in [-0.1, -0.05) is 11.6 Å². The van der Waals surface area contributed by atoms with E-state index in [1.54, 1.807) is 19.2 Å². The smallest absolute Gasteiger partial charge is 0.408 e. The number of aromatic nitrogens is 1. The molecule has 1 atom stereocenters. The van der Waals surface area contributed by atoms with Crippen molar-refractivity contribution in [3.05, 3.63) is 26.5 Å². The summed E-state index contributed by atoms with van der Waals surface area (Å²) in [6.07, 6.45) is 0.809. The molecule has 0 radical (unpaired) electrons. The van der Waals surface area contributed by atoms with Gasteiger partial charge in [0.1, 0.15) is 11.3 Å². The van der Waals surface area contributed by atoms with Gasteiger partial charge in [-0.2, -0.15) is 0 Å². The zero-order valence-electron chi connectivity index (χ0n) is 10.8. The Hall–Kier alpha value is -0.560. The van der Waals surface area contributed by atoms with E-state index in [-0.39, 0.29) is 11.6 Å². The fourth-order valence-corrected chi connectivity index (χ4v) is 2.49. The van der Waals surface area contributed by atoms with E-state index in [1.165, 1.54) is 0 Å². The first-order valence-corrected chi connectivity index (χ1v) is 6.94. The van der Waals surface area contributed by atoms with Crippen LogP contribution < -0.4 is 5.32 Å². The molecule has 6 heteroatoms. The molecule has 0 aromatic carbocycles. The molecule has 1 N–H and O–H groups in total. The van der Waals surface area contributed by atoms with E-state index in [1.807, 2.05) is 20.8 Å². The normalized spacial score (nSPS) is 13.0. The van der Waals surface area contributed by atoms with Gasteiger partial charge in [0.2, 0.25) is 0 Å². The quantitative estimate of drug-likeness (QED) is 0.623. The number of pyridine rings is 1. The molecule has 0 aliphatic carbocycles. The van der Waals surface area contributed by atoms with E-state index in [9.17, 15) is 4.79 Å². The van der Waals surface area contributed by atoms with Crippen molar-refractivity contribution in [2.45, 2.75) is 39.3 Å². The van der Waals surface area contributed by atoms with Gasteiger partial charge in [0, 0.05) is 20.9 Å². The molecular weight excluding hydrogens is 367 g/mol. The summed E-state index contributed by atoms with van der Waals surface area (Å²) in [4.78, 5) is 15.6. The lowest BCUT2D eigenvalue weighted by atomic mass is 10.1. The maximum Gasteiger partial charge on any atom is 0.408 e. The summed E-state index contributed by atoms with van der Waals surface area (Å²) in [6.45, 7) is 7.49. The van der Waals surface area contributed by atoms with Crippen LogP contribution >= 0.6 is 34.2 Å². The van der Waals surface area contributed by atoms with Gasteiger partial charge >= 0.3 is 6.09 Å². The molecule has 0 aliphatic heterocycles. The van der Waals surface area contributed by atoms with Crippen LogP contribution in [0.2, 0.25) is 5.15 Å². The summed E-state index contributed by atoms with van der Waals surface area (Å²) in [5, 5.41) is 3.17. The average molecular weight is 383 g/mol. The Morgan fingerprint density at radius 2 is 2.17 bits per heavy atom. The molecule has 0 saturated heterocycles. The van der Waals surface area contributed by atoms with Gasteiger partial charge in [-0.05, 0) is 56.4 Å². The Kier molecular flexibility index (Phi) is 5.21. The van der Waals surface area contributed by atoms with E-state index >= 15 is 0 Å². The second-order valence-electron chi connectivity index (χ2n) is 4.95. The molecule has 100 valence electrons. The molecule has 1 aromatic rings. The highest BCUT2D eigenvalue weighted by atomic mass is 127. The van der Waals surface area contributed by atoms with Crippen LogP contribution in [0, 0.1) is 3.57 Å². The molecule has 0 saturated carbocycles. The standard InChI is InChI=1S/C12H16ClIN2O2/c1-7(18-11(17)16-12(2,3)4)8-6-15-10(13)5-9(8)14/h5-7H,1-4H3,(H,16,17). The SMILES string of the molecule is CC(OC(=O)NC(C)(C)C)c1cnc(Cl)cc1I. The highest BCUT2D eigenvalue weighted by molar-refractivity contribution is 14.1. The average Bonchev–Trinajstić information content (AvgIpc) is 2.13. The zero-order chi connectivity index (χ0) is 13.9. The number of halogens is 2. The molecule has 1 aromatic heterocycles. The minimum Gasteiger partial charge on any atom is -0.442 e. The molecular formula is C12H16ClIN2O2. The Balaban J connectivity index is 2.71. The molecule has 4 nitrogen and oxygen atoms in total. The summed E-state index contributed by atoms with van der Waals surface area (Å²) in [7, 11) is 0. The lowest BCUT2D eigenvalue weighted by molar-refractivity contribution is 0.0995. The van der Waals surface area contributed by atoms with Crippen molar-refractivity contribution in [2.75, 3.05) is 0 Å². The Morgan fingerprint density at radius 3 is 2.67 bits per heavy atom. The molecule has 1 unspecified atom stereocenters. The Morgan fingerprint density at radius 1 is 1.56 bits per heavy atom. The predicted octanol–water partition coefficient (Wildman–Crippen LogP) is 3.93. The van der Waals surface area contributed by atoms with Crippen molar-refractivity contribution in [3.8, 4) is 0 Å². The van der Waals surface area contributed by atoms with Gasteiger partial charge in [-0.15, -0.1) is 0 Å². The number of amides is 1. The molecule has 1 rings (SSSR count). The van der Waals surface area contributed by atoms with E-state index < -0.39 is 6.09 Å². The minimum absolute atomic E-state index is 0.317. The monoisotopic (exact) mass is 382 g/mol. The fraction of sp³-hybridized carbons (Fsp3) is 0.500. The second-order valence-corrected chi connectivity index (χ2v) is 6.50. The van der Waals surface area contributed by atoms with Crippen molar-refractivity contribution in [3.63, 3.8) is 0 Å². The fourth-order valence-electron chi connectivity index (χ4n) is 1.28. The van der Waals surface area contributed by atoms with Gasteiger partial charge in [-0.25, -0.2) is 9.78 Å². The lowest BCUT2D eigenvalue weighted by Gasteiger charge is -2.22. The van der Waals surface area contributed by atoms with Crippen LogP contribution in [-0.4, -0.2) is 16.6 Å². The van der Waals surface area contributed by atoms with Crippen LogP contribution in [0.1, 0.15) is 39.4 Å². The number of carbonyl (C=O) groups excluding carboxylic acids is 1. The number of rotatable bonds is 2. The van der Waals surface area contributed by atoms with Crippen molar-refractivity contribution in [1.82, 2.24) is 10.3 Å². The minimum atomic E-state index is -0.444. The highest BCUT2D eigenvalue weighted by Gasteiger charge is 2.19. The van der Waals surface area contributed by atoms with Crippen LogP contribution in [0.3, 0.4) is 0 Å². The largest absolute Gasteiger partial charge is 0.442 e. The number of nitrogens with one attached hydrogen (secondary N) is 1. The maximum absolute atomic E-state index is 11.6. The molecule has 0 fully saturated rings.